The fourth-order valence-electron chi connectivity index (χ4n) is 1.59. The highest BCUT2D eigenvalue weighted by atomic mass is 79.9. The molecule has 0 unspecified atom stereocenters. The summed E-state index contributed by atoms with van der Waals surface area (Å²) in [6, 6.07) is 5.91. The van der Waals surface area contributed by atoms with Crippen molar-refractivity contribution in [3.8, 4) is 0 Å². The molecule has 0 amide bonds. The molecule has 3 rings (SSSR count). The van der Waals surface area contributed by atoms with Gasteiger partial charge >= 0.3 is 0 Å². The van der Waals surface area contributed by atoms with Crippen LogP contribution in [0.2, 0.25) is 0 Å². The SMILES string of the molecule is Brc1csc(CNc2ccnc3ccnn23)c1. The van der Waals surface area contributed by atoms with Crippen LogP contribution < -0.4 is 5.32 Å². The topological polar surface area (TPSA) is 42.2 Å². The normalized spacial score (nSPS) is 10.9. The van der Waals surface area contributed by atoms with Gasteiger partial charge in [-0.25, -0.2) is 4.98 Å². The Morgan fingerprint density at radius 2 is 2.29 bits per heavy atom. The highest BCUT2D eigenvalue weighted by molar-refractivity contribution is 9.10. The molecule has 1 N–H and O–H groups in total. The highest BCUT2D eigenvalue weighted by Crippen LogP contribution is 2.20. The molecule has 3 aromatic heterocycles. The van der Waals surface area contributed by atoms with E-state index in [1.807, 2.05) is 12.1 Å². The Morgan fingerprint density at radius 1 is 1.35 bits per heavy atom. The van der Waals surface area contributed by atoms with Crippen molar-refractivity contribution >= 4 is 38.7 Å². The van der Waals surface area contributed by atoms with Gasteiger partial charge < -0.3 is 5.32 Å². The maximum atomic E-state index is 4.22. The Balaban J connectivity index is 1.83. The minimum absolute atomic E-state index is 0.787. The van der Waals surface area contributed by atoms with E-state index in [0.29, 0.717) is 0 Å². The van der Waals surface area contributed by atoms with E-state index >= 15 is 0 Å². The number of rotatable bonds is 3. The molecule has 0 spiro atoms. The van der Waals surface area contributed by atoms with E-state index in [9.17, 15) is 0 Å². The first kappa shape index (κ1) is 10.7. The fraction of sp³-hybridized carbons (Fsp3) is 0.0909. The summed E-state index contributed by atoms with van der Waals surface area (Å²) in [4.78, 5) is 5.49. The standard InChI is InChI=1S/C11H9BrN4S/c12-8-5-9(17-7-8)6-14-11-1-3-13-10-2-4-15-16(10)11/h1-5,7,14H,6H2. The van der Waals surface area contributed by atoms with Gasteiger partial charge in [0.2, 0.25) is 0 Å². The van der Waals surface area contributed by atoms with Crippen LogP contribution in [0.3, 0.4) is 0 Å². The minimum atomic E-state index is 0.787. The third-order valence-electron chi connectivity index (χ3n) is 2.36. The number of halogens is 1. The van der Waals surface area contributed by atoms with Gasteiger partial charge in [0.25, 0.3) is 0 Å². The smallest absolute Gasteiger partial charge is 0.157 e. The number of nitrogens with zero attached hydrogens (tertiary/aromatic N) is 3. The van der Waals surface area contributed by atoms with Gasteiger partial charge in [0, 0.05) is 27.0 Å². The second kappa shape index (κ2) is 4.46. The van der Waals surface area contributed by atoms with Crippen LogP contribution in [0.4, 0.5) is 5.82 Å². The van der Waals surface area contributed by atoms with Gasteiger partial charge in [-0.3, -0.25) is 0 Å². The summed E-state index contributed by atoms with van der Waals surface area (Å²) in [6.07, 6.45) is 3.53. The third-order valence-corrected chi connectivity index (χ3v) is 4.05. The van der Waals surface area contributed by atoms with Crippen LogP contribution in [0.5, 0.6) is 0 Å². The molecule has 17 heavy (non-hydrogen) atoms. The Hall–Kier alpha value is -1.40. The first-order valence-corrected chi connectivity index (χ1v) is 6.76. The monoisotopic (exact) mass is 308 g/mol. The van der Waals surface area contributed by atoms with Gasteiger partial charge in [-0.15, -0.1) is 11.3 Å². The Labute approximate surface area is 110 Å². The summed E-state index contributed by atoms with van der Waals surface area (Å²) < 4.78 is 2.92. The van der Waals surface area contributed by atoms with Gasteiger partial charge in [0.05, 0.1) is 12.7 Å². The Morgan fingerprint density at radius 3 is 3.12 bits per heavy atom. The fourth-order valence-corrected chi connectivity index (χ4v) is 2.98. The summed E-state index contributed by atoms with van der Waals surface area (Å²) in [5.74, 6) is 0.949. The van der Waals surface area contributed by atoms with Crippen molar-refractivity contribution in [3.05, 3.63) is 45.3 Å². The van der Waals surface area contributed by atoms with Crippen LogP contribution in [-0.2, 0) is 6.54 Å². The zero-order chi connectivity index (χ0) is 11.7. The van der Waals surface area contributed by atoms with Crippen molar-refractivity contribution in [2.75, 3.05) is 5.32 Å². The average molecular weight is 309 g/mol. The van der Waals surface area contributed by atoms with Crippen LogP contribution in [0, 0.1) is 0 Å². The van der Waals surface area contributed by atoms with Gasteiger partial charge in [-0.1, -0.05) is 0 Å². The largest absolute Gasteiger partial charge is 0.365 e. The molecule has 0 saturated carbocycles. The average Bonchev–Trinajstić information content (AvgIpc) is 2.94. The Kier molecular flexibility index (Phi) is 2.82. The van der Waals surface area contributed by atoms with Crippen molar-refractivity contribution in [1.82, 2.24) is 14.6 Å². The Bertz CT molecular complexity index is 646. The van der Waals surface area contributed by atoms with Crippen LogP contribution in [0.1, 0.15) is 4.88 Å². The van der Waals surface area contributed by atoms with Gasteiger partial charge in [0.15, 0.2) is 5.65 Å². The number of nitrogens with one attached hydrogen (secondary N) is 1. The van der Waals surface area contributed by atoms with Gasteiger partial charge in [0.1, 0.15) is 5.82 Å². The molecule has 0 bridgehead atoms. The second-order valence-corrected chi connectivity index (χ2v) is 5.43. The maximum absolute atomic E-state index is 4.22. The summed E-state index contributed by atoms with van der Waals surface area (Å²) in [6.45, 7) is 0.787. The summed E-state index contributed by atoms with van der Waals surface area (Å²) in [7, 11) is 0. The van der Waals surface area contributed by atoms with E-state index in [4.69, 9.17) is 0 Å². The molecule has 0 aliphatic rings. The van der Waals surface area contributed by atoms with E-state index in [-0.39, 0.29) is 0 Å². The van der Waals surface area contributed by atoms with Crippen LogP contribution in [0.15, 0.2) is 40.4 Å². The number of hydrogen-bond acceptors (Lipinski definition) is 4. The number of anilines is 1. The van der Waals surface area contributed by atoms with Gasteiger partial charge in [-0.2, -0.15) is 9.61 Å². The molecule has 3 aromatic rings. The number of fused-ring (bicyclic) bond motifs is 1. The molecule has 0 aliphatic heterocycles. The summed E-state index contributed by atoms with van der Waals surface area (Å²) in [5.41, 5.74) is 0.849. The lowest BCUT2D eigenvalue weighted by atomic mass is 10.4. The molecule has 0 aliphatic carbocycles. The van der Waals surface area contributed by atoms with Crippen molar-refractivity contribution in [2.45, 2.75) is 6.54 Å². The summed E-state index contributed by atoms with van der Waals surface area (Å²) in [5, 5.41) is 9.65. The molecule has 0 radical (unpaired) electrons. The zero-order valence-electron chi connectivity index (χ0n) is 8.80. The first-order valence-electron chi connectivity index (χ1n) is 5.08. The van der Waals surface area contributed by atoms with Crippen LogP contribution in [0.25, 0.3) is 5.65 Å². The zero-order valence-corrected chi connectivity index (χ0v) is 11.2. The number of thiophene rings is 1. The third kappa shape index (κ3) is 2.18. The van der Waals surface area contributed by atoms with Crippen LogP contribution in [-0.4, -0.2) is 14.6 Å². The molecule has 6 heteroatoms. The van der Waals surface area contributed by atoms with Crippen molar-refractivity contribution in [3.63, 3.8) is 0 Å². The van der Waals surface area contributed by atoms with Gasteiger partial charge in [-0.05, 0) is 28.1 Å². The molecular weight excluding hydrogens is 300 g/mol. The molecule has 86 valence electrons. The molecule has 4 nitrogen and oxygen atoms in total. The lowest BCUT2D eigenvalue weighted by molar-refractivity contribution is 0.928. The van der Waals surface area contributed by atoms with Crippen molar-refractivity contribution in [1.29, 1.82) is 0 Å². The maximum Gasteiger partial charge on any atom is 0.157 e. The second-order valence-electron chi connectivity index (χ2n) is 3.52. The first-order chi connectivity index (χ1) is 8.33. The molecule has 3 heterocycles. The molecule has 0 aromatic carbocycles. The van der Waals surface area contributed by atoms with E-state index in [2.05, 4.69) is 42.8 Å². The van der Waals surface area contributed by atoms with E-state index in [1.54, 1.807) is 28.2 Å². The minimum Gasteiger partial charge on any atom is -0.365 e. The summed E-state index contributed by atoms with van der Waals surface area (Å²) >= 11 is 5.17. The van der Waals surface area contributed by atoms with E-state index < -0.39 is 0 Å². The molecule has 0 atom stereocenters. The lowest BCUT2D eigenvalue weighted by Gasteiger charge is -2.06. The molecule has 0 fully saturated rings. The lowest BCUT2D eigenvalue weighted by Crippen LogP contribution is -2.04. The molecule has 0 saturated heterocycles. The van der Waals surface area contributed by atoms with Crippen molar-refractivity contribution < 1.29 is 0 Å². The number of aromatic nitrogens is 3. The van der Waals surface area contributed by atoms with E-state index in [0.717, 1.165) is 22.5 Å². The van der Waals surface area contributed by atoms with Crippen LogP contribution >= 0.6 is 27.3 Å². The van der Waals surface area contributed by atoms with E-state index in [1.165, 1.54) is 4.88 Å². The quantitative estimate of drug-likeness (QED) is 0.808. The highest BCUT2D eigenvalue weighted by Gasteiger charge is 2.02. The number of hydrogen-bond donors (Lipinski definition) is 1. The molecular formula is C11H9BrN4S. The predicted molar refractivity (Wildman–Crippen MR) is 72.3 cm³/mol. The van der Waals surface area contributed by atoms with Crippen molar-refractivity contribution in [2.24, 2.45) is 0 Å². The predicted octanol–water partition coefficient (Wildman–Crippen LogP) is 3.17.